The van der Waals surface area contributed by atoms with Gasteiger partial charge in [0, 0.05) is 24.2 Å². The quantitative estimate of drug-likeness (QED) is 0.644. The summed E-state index contributed by atoms with van der Waals surface area (Å²) in [6, 6.07) is 23.5. The Hall–Kier alpha value is -3.12. The van der Waals surface area contributed by atoms with E-state index in [1.54, 1.807) is 35.2 Å². The predicted molar refractivity (Wildman–Crippen MR) is 113 cm³/mol. The van der Waals surface area contributed by atoms with E-state index in [1.807, 2.05) is 48.5 Å². The topological polar surface area (TPSA) is 63.7 Å². The molecule has 152 valence electrons. The minimum atomic E-state index is -3.48. The lowest BCUT2D eigenvalue weighted by Gasteiger charge is -2.30. The lowest BCUT2D eigenvalue weighted by atomic mass is 9.87. The fourth-order valence-electron chi connectivity index (χ4n) is 4.34. The second kappa shape index (κ2) is 7.29. The van der Waals surface area contributed by atoms with Crippen LogP contribution in [-0.2, 0) is 14.6 Å². The van der Waals surface area contributed by atoms with Gasteiger partial charge in [-0.3, -0.25) is 4.79 Å². The molecule has 1 amide bonds. The number of hydrogen-bond acceptors (Lipinski definition) is 4. The Balaban J connectivity index is 1.45. The van der Waals surface area contributed by atoms with Crippen LogP contribution in [0, 0.1) is 0 Å². The summed E-state index contributed by atoms with van der Waals surface area (Å²) in [6.45, 7) is 0.634. The maximum Gasteiger partial charge on any atom is 0.234 e. The Morgan fingerprint density at radius 3 is 2.03 bits per heavy atom. The molecular weight excluding hydrogens is 398 g/mol. The minimum Gasteiger partial charge on any atom is -0.457 e. The van der Waals surface area contributed by atoms with E-state index in [-0.39, 0.29) is 12.5 Å². The first-order chi connectivity index (χ1) is 14.6. The molecule has 0 radical (unpaired) electrons. The van der Waals surface area contributed by atoms with E-state index in [0.717, 1.165) is 11.1 Å². The number of nitrogens with zero attached hydrogens (tertiary/aromatic N) is 1. The van der Waals surface area contributed by atoms with Gasteiger partial charge in [-0.2, -0.15) is 0 Å². The molecule has 0 bridgehead atoms. The van der Waals surface area contributed by atoms with Gasteiger partial charge < -0.3 is 9.64 Å². The largest absolute Gasteiger partial charge is 0.457 e. The summed E-state index contributed by atoms with van der Waals surface area (Å²) in [5.41, 5.74) is 1.63. The van der Waals surface area contributed by atoms with Crippen LogP contribution in [0.2, 0.25) is 0 Å². The Bertz CT molecular complexity index is 1160. The lowest BCUT2D eigenvalue weighted by molar-refractivity contribution is -0.130. The highest BCUT2D eigenvalue weighted by Gasteiger charge is 2.41. The molecule has 5 nitrogen and oxygen atoms in total. The molecule has 0 saturated carbocycles. The van der Waals surface area contributed by atoms with Crippen LogP contribution in [0.1, 0.15) is 23.5 Å². The summed E-state index contributed by atoms with van der Waals surface area (Å²) >= 11 is 0. The van der Waals surface area contributed by atoms with Crippen molar-refractivity contribution in [3.8, 4) is 11.5 Å². The maximum atomic E-state index is 13.6. The first-order valence-corrected chi connectivity index (χ1v) is 11.5. The fourth-order valence-corrected chi connectivity index (χ4v) is 6.06. The highest BCUT2D eigenvalue weighted by Crippen LogP contribution is 2.45. The van der Waals surface area contributed by atoms with Crippen molar-refractivity contribution in [3.05, 3.63) is 90.0 Å². The van der Waals surface area contributed by atoms with E-state index in [9.17, 15) is 13.2 Å². The SMILES string of the molecule is O=C(C1c2ccccc2Oc2ccccc21)N1CCC(S(=O)(=O)c2ccccc2)C1. The van der Waals surface area contributed by atoms with Gasteiger partial charge in [-0.25, -0.2) is 8.42 Å². The molecule has 1 fully saturated rings. The van der Waals surface area contributed by atoms with Gasteiger partial charge in [0.1, 0.15) is 11.5 Å². The molecule has 3 aromatic rings. The molecule has 3 aromatic carbocycles. The van der Waals surface area contributed by atoms with Crippen molar-refractivity contribution in [2.75, 3.05) is 13.1 Å². The van der Waals surface area contributed by atoms with E-state index in [0.29, 0.717) is 29.4 Å². The summed E-state index contributed by atoms with van der Waals surface area (Å²) < 4.78 is 32.0. The summed E-state index contributed by atoms with van der Waals surface area (Å²) in [6.07, 6.45) is 0.440. The third kappa shape index (κ3) is 3.08. The Labute approximate surface area is 175 Å². The van der Waals surface area contributed by atoms with Crippen LogP contribution in [0.3, 0.4) is 0 Å². The van der Waals surface area contributed by atoms with Gasteiger partial charge in [0.05, 0.1) is 16.1 Å². The van der Waals surface area contributed by atoms with E-state index < -0.39 is 21.0 Å². The van der Waals surface area contributed by atoms with Crippen molar-refractivity contribution in [3.63, 3.8) is 0 Å². The number of fused-ring (bicyclic) bond motifs is 2. The summed E-state index contributed by atoms with van der Waals surface area (Å²) in [5.74, 6) is 0.762. The Morgan fingerprint density at radius 1 is 0.833 bits per heavy atom. The van der Waals surface area contributed by atoms with Crippen molar-refractivity contribution in [1.29, 1.82) is 0 Å². The van der Waals surface area contributed by atoms with Crippen LogP contribution in [0.25, 0.3) is 0 Å². The number of likely N-dealkylation sites (tertiary alicyclic amines) is 1. The van der Waals surface area contributed by atoms with Gasteiger partial charge in [-0.05, 0) is 30.7 Å². The number of carbonyl (C=O) groups is 1. The third-order valence-corrected chi connectivity index (χ3v) is 8.09. The maximum absolute atomic E-state index is 13.6. The number of sulfone groups is 1. The average Bonchev–Trinajstić information content (AvgIpc) is 3.29. The number of rotatable bonds is 3. The summed E-state index contributed by atoms with van der Waals surface area (Å²) in [7, 11) is -3.48. The molecule has 0 aliphatic carbocycles. The van der Waals surface area contributed by atoms with Crippen molar-refractivity contribution in [2.45, 2.75) is 22.5 Å². The van der Waals surface area contributed by atoms with Crippen molar-refractivity contribution < 1.29 is 17.9 Å². The van der Waals surface area contributed by atoms with Crippen LogP contribution >= 0.6 is 0 Å². The number of amides is 1. The zero-order valence-electron chi connectivity index (χ0n) is 16.3. The average molecular weight is 420 g/mol. The van der Waals surface area contributed by atoms with E-state index >= 15 is 0 Å². The summed E-state index contributed by atoms with van der Waals surface area (Å²) in [4.78, 5) is 15.6. The minimum absolute atomic E-state index is 0.0797. The van der Waals surface area contributed by atoms with E-state index in [2.05, 4.69) is 0 Å². The zero-order chi connectivity index (χ0) is 20.7. The highest BCUT2D eigenvalue weighted by atomic mass is 32.2. The number of carbonyl (C=O) groups excluding carboxylic acids is 1. The monoisotopic (exact) mass is 419 g/mol. The molecule has 2 heterocycles. The number of benzene rings is 3. The predicted octanol–water partition coefficient (Wildman–Crippen LogP) is 4.00. The van der Waals surface area contributed by atoms with Crippen molar-refractivity contribution >= 4 is 15.7 Å². The van der Waals surface area contributed by atoms with Gasteiger partial charge in [-0.1, -0.05) is 54.6 Å². The lowest BCUT2D eigenvalue weighted by Crippen LogP contribution is -2.36. The second-order valence-corrected chi connectivity index (χ2v) is 9.89. The normalized spacial score (nSPS) is 18.4. The van der Waals surface area contributed by atoms with Gasteiger partial charge >= 0.3 is 0 Å². The molecule has 0 N–H and O–H groups in total. The number of ether oxygens (including phenoxy) is 1. The van der Waals surface area contributed by atoms with E-state index in [4.69, 9.17) is 4.74 Å². The molecule has 6 heteroatoms. The zero-order valence-corrected chi connectivity index (χ0v) is 17.1. The van der Waals surface area contributed by atoms with Gasteiger partial charge in [0.25, 0.3) is 0 Å². The van der Waals surface area contributed by atoms with Crippen LogP contribution in [0.4, 0.5) is 0 Å². The molecule has 0 spiro atoms. The molecule has 5 rings (SSSR count). The van der Waals surface area contributed by atoms with Crippen LogP contribution in [0.5, 0.6) is 11.5 Å². The highest BCUT2D eigenvalue weighted by molar-refractivity contribution is 7.92. The Kier molecular flexibility index (Phi) is 4.59. The molecule has 2 aliphatic heterocycles. The standard InChI is InChI=1S/C24H21NO4S/c26-24(25-15-14-18(16-25)30(27,28)17-8-2-1-3-9-17)23-19-10-4-6-12-21(19)29-22-13-7-5-11-20(22)23/h1-13,18,23H,14-16H2. The van der Waals surface area contributed by atoms with Crippen molar-refractivity contribution in [2.24, 2.45) is 0 Å². The number of hydrogen-bond donors (Lipinski definition) is 0. The van der Waals surface area contributed by atoms with Gasteiger partial charge in [0.2, 0.25) is 5.91 Å². The molecular formula is C24H21NO4S. The molecule has 1 unspecified atom stereocenters. The van der Waals surface area contributed by atoms with Gasteiger partial charge in [-0.15, -0.1) is 0 Å². The summed E-state index contributed by atoms with van der Waals surface area (Å²) in [5, 5.41) is -0.589. The van der Waals surface area contributed by atoms with Crippen LogP contribution in [-0.4, -0.2) is 37.6 Å². The first-order valence-electron chi connectivity index (χ1n) is 9.99. The molecule has 1 atom stereocenters. The van der Waals surface area contributed by atoms with Crippen LogP contribution in [0.15, 0.2) is 83.8 Å². The van der Waals surface area contributed by atoms with Gasteiger partial charge in [0.15, 0.2) is 9.84 Å². The molecule has 1 saturated heterocycles. The van der Waals surface area contributed by atoms with Crippen molar-refractivity contribution in [1.82, 2.24) is 4.90 Å². The molecule has 30 heavy (non-hydrogen) atoms. The Morgan fingerprint density at radius 2 is 1.40 bits per heavy atom. The van der Waals surface area contributed by atoms with Crippen LogP contribution < -0.4 is 4.74 Å². The number of para-hydroxylation sites is 2. The fraction of sp³-hybridized carbons (Fsp3) is 0.208. The molecule has 2 aliphatic rings. The van der Waals surface area contributed by atoms with E-state index in [1.165, 1.54) is 0 Å². The first kappa shape index (κ1) is 18.9. The smallest absolute Gasteiger partial charge is 0.234 e. The molecule has 0 aromatic heterocycles. The second-order valence-electron chi connectivity index (χ2n) is 7.66. The third-order valence-electron chi connectivity index (χ3n) is 5.89.